The molecule has 0 spiro atoms. The summed E-state index contributed by atoms with van der Waals surface area (Å²) in [7, 11) is 0. The van der Waals surface area contributed by atoms with Crippen LogP contribution in [0.5, 0.6) is 0 Å². The van der Waals surface area contributed by atoms with Crippen molar-refractivity contribution in [1.29, 1.82) is 0 Å². The van der Waals surface area contributed by atoms with Gasteiger partial charge in [0, 0.05) is 12.5 Å². The molecule has 2 unspecified atom stereocenters. The largest absolute Gasteiger partial charge is 0.469 e. The van der Waals surface area contributed by atoms with Crippen molar-refractivity contribution in [2.75, 3.05) is 6.54 Å². The van der Waals surface area contributed by atoms with Gasteiger partial charge in [-0.25, -0.2) is 0 Å². The number of hydrogen-bond donors (Lipinski definition) is 2. The van der Waals surface area contributed by atoms with Crippen LogP contribution < -0.4 is 10.6 Å². The van der Waals surface area contributed by atoms with Crippen LogP contribution in [0.2, 0.25) is 0 Å². The first-order valence-electron chi connectivity index (χ1n) is 7.24. The van der Waals surface area contributed by atoms with Crippen molar-refractivity contribution in [2.45, 2.75) is 57.5 Å². The lowest BCUT2D eigenvalue weighted by atomic mass is 9.90. The number of amides is 1. The van der Waals surface area contributed by atoms with Gasteiger partial charge < -0.3 is 15.1 Å². The SMILES string of the molecule is CCCC1(C(=O)NC(C)Cc2ccco2)CCCN1. The van der Waals surface area contributed by atoms with Crippen LogP contribution in [0.4, 0.5) is 0 Å². The molecule has 0 radical (unpaired) electrons. The summed E-state index contributed by atoms with van der Waals surface area (Å²) in [5, 5.41) is 6.52. The van der Waals surface area contributed by atoms with Gasteiger partial charge in [0.05, 0.1) is 11.8 Å². The molecule has 0 aromatic carbocycles. The highest BCUT2D eigenvalue weighted by atomic mass is 16.3. The number of carbonyl (C=O) groups excluding carboxylic acids is 1. The Balaban J connectivity index is 1.91. The maximum absolute atomic E-state index is 12.5. The zero-order chi connectivity index (χ0) is 13.7. The lowest BCUT2D eigenvalue weighted by molar-refractivity contribution is -0.128. The van der Waals surface area contributed by atoms with E-state index >= 15 is 0 Å². The Morgan fingerprint density at radius 1 is 1.63 bits per heavy atom. The molecule has 1 saturated heterocycles. The summed E-state index contributed by atoms with van der Waals surface area (Å²) in [4.78, 5) is 12.5. The molecule has 19 heavy (non-hydrogen) atoms. The van der Waals surface area contributed by atoms with Crippen molar-refractivity contribution in [2.24, 2.45) is 0 Å². The van der Waals surface area contributed by atoms with Crippen LogP contribution in [0.25, 0.3) is 0 Å². The van der Waals surface area contributed by atoms with Crippen molar-refractivity contribution in [1.82, 2.24) is 10.6 Å². The van der Waals surface area contributed by atoms with Crippen LogP contribution in [0.3, 0.4) is 0 Å². The second-order valence-corrected chi connectivity index (χ2v) is 5.52. The highest BCUT2D eigenvalue weighted by Gasteiger charge is 2.40. The van der Waals surface area contributed by atoms with Gasteiger partial charge in [-0.05, 0) is 44.9 Å². The maximum atomic E-state index is 12.5. The standard InChI is InChI=1S/C15H24N2O2/c1-3-7-15(8-5-9-16-15)14(18)17-12(2)11-13-6-4-10-19-13/h4,6,10,12,16H,3,5,7-9,11H2,1-2H3,(H,17,18). The zero-order valence-electron chi connectivity index (χ0n) is 11.9. The van der Waals surface area contributed by atoms with Gasteiger partial charge in [0.2, 0.25) is 5.91 Å². The van der Waals surface area contributed by atoms with Gasteiger partial charge in [0.25, 0.3) is 0 Å². The number of carbonyl (C=O) groups is 1. The fourth-order valence-corrected chi connectivity index (χ4v) is 2.90. The monoisotopic (exact) mass is 264 g/mol. The van der Waals surface area contributed by atoms with Crippen LogP contribution in [0, 0.1) is 0 Å². The van der Waals surface area contributed by atoms with Gasteiger partial charge >= 0.3 is 0 Å². The minimum atomic E-state index is -0.341. The average molecular weight is 264 g/mol. The molecule has 0 saturated carbocycles. The van der Waals surface area contributed by atoms with Gasteiger partial charge in [-0.1, -0.05) is 13.3 Å². The molecule has 1 aromatic rings. The van der Waals surface area contributed by atoms with E-state index in [9.17, 15) is 4.79 Å². The number of nitrogens with one attached hydrogen (secondary N) is 2. The Morgan fingerprint density at radius 2 is 2.47 bits per heavy atom. The van der Waals surface area contributed by atoms with Gasteiger partial charge in [0.15, 0.2) is 0 Å². The summed E-state index contributed by atoms with van der Waals surface area (Å²) in [5.41, 5.74) is -0.341. The average Bonchev–Trinajstić information content (AvgIpc) is 3.01. The Morgan fingerprint density at radius 3 is 3.05 bits per heavy atom. The predicted octanol–water partition coefficient (Wildman–Crippen LogP) is 2.25. The molecule has 1 aliphatic rings. The van der Waals surface area contributed by atoms with E-state index in [0.29, 0.717) is 0 Å². The quantitative estimate of drug-likeness (QED) is 0.828. The van der Waals surface area contributed by atoms with E-state index in [0.717, 1.165) is 44.4 Å². The highest BCUT2D eigenvalue weighted by molar-refractivity contribution is 5.86. The van der Waals surface area contributed by atoms with Crippen LogP contribution in [-0.2, 0) is 11.2 Å². The fraction of sp³-hybridized carbons (Fsp3) is 0.667. The summed E-state index contributed by atoms with van der Waals surface area (Å²) < 4.78 is 5.32. The molecule has 4 nitrogen and oxygen atoms in total. The second-order valence-electron chi connectivity index (χ2n) is 5.52. The molecule has 1 fully saturated rings. The zero-order valence-corrected chi connectivity index (χ0v) is 11.9. The highest BCUT2D eigenvalue weighted by Crippen LogP contribution is 2.25. The molecule has 1 amide bonds. The molecule has 4 heteroatoms. The van der Waals surface area contributed by atoms with Crippen molar-refractivity contribution in [3.63, 3.8) is 0 Å². The molecular formula is C15H24N2O2. The van der Waals surface area contributed by atoms with E-state index in [2.05, 4.69) is 17.6 Å². The van der Waals surface area contributed by atoms with Crippen molar-refractivity contribution >= 4 is 5.91 Å². The first kappa shape index (κ1) is 14.1. The van der Waals surface area contributed by atoms with E-state index in [1.807, 2.05) is 19.1 Å². The summed E-state index contributed by atoms with van der Waals surface area (Å²) in [6.07, 6.45) is 6.36. The lowest BCUT2D eigenvalue weighted by Gasteiger charge is -2.29. The summed E-state index contributed by atoms with van der Waals surface area (Å²) in [6.45, 7) is 5.09. The van der Waals surface area contributed by atoms with E-state index in [-0.39, 0.29) is 17.5 Å². The smallest absolute Gasteiger partial charge is 0.240 e. The molecular weight excluding hydrogens is 240 g/mol. The third-order valence-electron chi connectivity index (χ3n) is 3.82. The maximum Gasteiger partial charge on any atom is 0.240 e. The third kappa shape index (κ3) is 3.38. The van der Waals surface area contributed by atoms with Crippen LogP contribution >= 0.6 is 0 Å². The number of rotatable bonds is 6. The Kier molecular flexibility index (Phi) is 4.64. The summed E-state index contributed by atoms with van der Waals surface area (Å²) >= 11 is 0. The minimum absolute atomic E-state index is 0.0924. The van der Waals surface area contributed by atoms with Crippen LogP contribution in [0.1, 0.15) is 45.3 Å². The molecule has 2 N–H and O–H groups in total. The van der Waals surface area contributed by atoms with Gasteiger partial charge in [-0.3, -0.25) is 4.79 Å². The van der Waals surface area contributed by atoms with Gasteiger partial charge in [0.1, 0.15) is 5.76 Å². The topological polar surface area (TPSA) is 54.3 Å². The number of hydrogen-bond acceptors (Lipinski definition) is 3. The Bertz CT molecular complexity index is 394. The lowest BCUT2D eigenvalue weighted by Crippen LogP contribution is -2.55. The molecule has 0 bridgehead atoms. The van der Waals surface area contributed by atoms with E-state index < -0.39 is 0 Å². The summed E-state index contributed by atoms with van der Waals surface area (Å²) in [6, 6.07) is 3.91. The molecule has 106 valence electrons. The molecule has 0 aliphatic carbocycles. The third-order valence-corrected chi connectivity index (χ3v) is 3.82. The molecule has 1 aromatic heterocycles. The first-order chi connectivity index (χ1) is 9.16. The molecule has 2 heterocycles. The van der Waals surface area contributed by atoms with Crippen LogP contribution in [-0.4, -0.2) is 24.0 Å². The van der Waals surface area contributed by atoms with Crippen molar-refractivity contribution in [3.8, 4) is 0 Å². The minimum Gasteiger partial charge on any atom is -0.469 e. The van der Waals surface area contributed by atoms with Gasteiger partial charge in [-0.2, -0.15) is 0 Å². The summed E-state index contributed by atoms with van der Waals surface area (Å²) in [5.74, 6) is 1.06. The Labute approximate surface area is 114 Å². The fourth-order valence-electron chi connectivity index (χ4n) is 2.90. The van der Waals surface area contributed by atoms with Crippen LogP contribution in [0.15, 0.2) is 22.8 Å². The van der Waals surface area contributed by atoms with Crippen molar-refractivity contribution < 1.29 is 9.21 Å². The molecule has 2 rings (SSSR count). The van der Waals surface area contributed by atoms with E-state index in [4.69, 9.17) is 4.42 Å². The number of furan rings is 1. The molecule has 1 aliphatic heterocycles. The predicted molar refractivity (Wildman–Crippen MR) is 74.9 cm³/mol. The van der Waals surface area contributed by atoms with E-state index in [1.165, 1.54) is 0 Å². The normalized spacial score (nSPS) is 24.3. The van der Waals surface area contributed by atoms with Gasteiger partial charge in [-0.15, -0.1) is 0 Å². The Hall–Kier alpha value is -1.29. The first-order valence-corrected chi connectivity index (χ1v) is 7.24. The van der Waals surface area contributed by atoms with E-state index in [1.54, 1.807) is 6.26 Å². The molecule has 2 atom stereocenters. The van der Waals surface area contributed by atoms with Crippen molar-refractivity contribution in [3.05, 3.63) is 24.2 Å². The second kappa shape index (κ2) is 6.24.